The van der Waals surface area contributed by atoms with Crippen molar-refractivity contribution >= 4 is 28.6 Å². The van der Waals surface area contributed by atoms with Crippen LogP contribution in [0.2, 0.25) is 0 Å². The number of nitrogens with one attached hydrogen (secondary N) is 2. The number of halogens is 1. The Morgan fingerprint density at radius 2 is 2.41 bits per heavy atom. The van der Waals surface area contributed by atoms with Gasteiger partial charge >= 0.3 is 0 Å². The second kappa shape index (κ2) is 6.71. The molecule has 1 amide bonds. The molecular formula is C16H19FN2O2S. The first kappa shape index (κ1) is 15.4. The molecule has 1 unspecified atom stereocenters. The van der Waals surface area contributed by atoms with Gasteiger partial charge in [-0.15, -0.1) is 0 Å². The summed E-state index contributed by atoms with van der Waals surface area (Å²) < 4.78 is 19.0. The van der Waals surface area contributed by atoms with E-state index in [0.717, 1.165) is 29.0 Å². The molecule has 1 aromatic heterocycles. The maximum absolute atomic E-state index is 13.3. The van der Waals surface area contributed by atoms with Gasteiger partial charge in [0.05, 0.1) is 6.54 Å². The van der Waals surface area contributed by atoms with Crippen LogP contribution in [0.25, 0.3) is 11.0 Å². The van der Waals surface area contributed by atoms with Crippen LogP contribution >= 0.6 is 11.8 Å². The first-order chi connectivity index (χ1) is 10.6. The zero-order chi connectivity index (χ0) is 15.5. The van der Waals surface area contributed by atoms with Crippen LogP contribution in [0.5, 0.6) is 0 Å². The summed E-state index contributed by atoms with van der Waals surface area (Å²) in [5, 5.41) is 6.99. The Morgan fingerprint density at radius 1 is 1.55 bits per heavy atom. The van der Waals surface area contributed by atoms with E-state index in [2.05, 4.69) is 10.6 Å². The summed E-state index contributed by atoms with van der Waals surface area (Å²) in [4.78, 5) is 12.0. The van der Waals surface area contributed by atoms with Gasteiger partial charge in [0, 0.05) is 41.5 Å². The van der Waals surface area contributed by atoms with E-state index in [0.29, 0.717) is 24.3 Å². The smallest absolute Gasteiger partial charge is 0.221 e. The van der Waals surface area contributed by atoms with E-state index < -0.39 is 0 Å². The lowest BCUT2D eigenvalue weighted by Crippen LogP contribution is -2.41. The number of carbonyl (C=O) groups excluding carboxylic acids is 1. The van der Waals surface area contributed by atoms with Gasteiger partial charge in [-0.05, 0) is 25.1 Å². The standard InChI is InChI=1S/C16H19FN2O2S/c1-10-13-6-11(17)2-3-14(13)21-15(10)8-19-16(20)7-12-9-22-5-4-18-12/h2-3,6,12,18H,4-5,7-9H2,1H3,(H,19,20). The molecule has 6 heteroatoms. The Kier molecular flexibility index (Phi) is 4.69. The van der Waals surface area contributed by atoms with Crippen molar-refractivity contribution in [3.8, 4) is 0 Å². The predicted octanol–water partition coefficient (Wildman–Crippen LogP) is 2.59. The Hall–Kier alpha value is -1.53. The van der Waals surface area contributed by atoms with Crippen LogP contribution in [0, 0.1) is 12.7 Å². The fraction of sp³-hybridized carbons (Fsp3) is 0.438. The van der Waals surface area contributed by atoms with E-state index in [9.17, 15) is 9.18 Å². The van der Waals surface area contributed by atoms with Gasteiger partial charge in [-0.25, -0.2) is 4.39 Å². The van der Waals surface area contributed by atoms with Crippen LogP contribution in [-0.4, -0.2) is 30.0 Å². The topological polar surface area (TPSA) is 54.3 Å². The molecule has 2 N–H and O–H groups in total. The molecule has 22 heavy (non-hydrogen) atoms. The average Bonchev–Trinajstić information content (AvgIpc) is 2.82. The lowest BCUT2D eigenvalue weighted by Gasteiger charge is -2.22. The summed E-state index contributed by atoms with van der Waals surface area (Å²) in [7, 11) is 0. The average molecular weight is 322 g/mol. The van der Waals surface area contributed by atoms with Crippen molar-refractivity contribution in [2.75, 3.05) is 18.1 Å². The summed E-state index contributed by atoms with van der Waals surface area (Å²) >= 11 is 1.87. The second-order valence-corrected chi connectivity index (χ2v) is 6.65. The maximum Gasteiger partial charge on any atom is 0.221 e. The highest BCUT2D eigenvalue weighted by atomic mass is 32.2. The van der Waals surface area contributed by atoms with Crippen LogP contribution in [0.4, 0.5) is 4.39 Å². The Labute approximate surface area is 132 Å². The minimum absolute atomic E-state index is 0.00559. The number of hydrogen-bond donors (Lipinski definition) is 2. The first-order valence-electron chi connectivity index (χ1n) is 7.39. The zero-order valence-corrected chi connectivity index (χ0v) is 13.3. The molecule has 0 aliphatic carbocycles. The van der Waals surface area contributed by atoms with Crippen LogP contribution in [-0.2, 0) is 11.3 Å². The van der Waals surface area contributed by atoms with Gasteiger partial charge in [-0.2, -0.15) is 11.8 Å². The molecule has 0 bridgehead atoms. The fourth-order valence-electron chi connectivity index (χ4n) is 2.64. The van der Waals surface area contributed by atoms with Gasteiger partial charge < -0.3 is 15.1 Å². The lowest BCUT2D eigenvalue weighted by atomic mass is 10.1. The van der Waals surface area contributed by atoms with Gasteiger partial charge in [0.15, 0.2) is 0 Å². The van der Waals surface area contributed by atoms with Crippen molar-refractivity contribution in [2.45, 2.75) is 25.9 Å². The number of furan rings is 1. The molecule has 1 fully saturated rings. The number of amides is 1. The monoisotopic (exact) mass is 322 g/mol. The summed E-state index contributed by atoms with van der Waals surface area (Å²) in [5.74, 6) is 2.47. The van der Waals surface area contributed by atoms with E-state index in [1.54, 1.807) is 6.07 Å². The van der Waals surface area contributed by atoms with Crippen molar-refractivity contribution < 1.29 is 13.6 Å². The third-order valence-corrected chi connectivity index (χ3v) is 5.00. The Balaban J connectivity index is 1.61. The van der Waals surface area contributed by atoms with E-state index in [4.69, 9.17) is 4.42 Å². The van der Waals surface area contributed by atoms with Gasteiger partial charge in [-0.1, -0.05) is 0 Å². The van der Waals surface area contributed by atoms with Crippen LogP contribution < -0.4 is 10.6 Å². The molecule has 0 saturated carbocycles. The molecule has 1 aliphatic rings. The predicted molar refractivity (Wildman–Crippen MR) is 86.5 cm³/mol. The highest BCUT2D eigenvalue weighted by molar-refractivity contribution is 7.99. The molecule has 1 atom stereocenters. The quantitative estimate of drug-likeness (QED) is 0.908. The third kappa shape index (κ3) is 3.44. The van der Waals surface area contributed by atoms with Crippen LogP contribution in [0.3, 0.4) is 0 Å². The van der Waals surface area contributed by atoms with Crippen molar-refractivity contribution in [1.29, 1.82) is 0 Å². The SMILES string of the molecule is Cc1c(CNC(=O)CC2CSCCN2)oc2ccc(F)cc12. The third-order valence-electron chi connectivity index (χ3n) is 3.87. The molecule has 3 rings (SSSR count). The highest BCUT2D eigenvalue weighted by Gasteiger charge is 2.17. The molecular weight excluding hydrogens is 303 g/mol. The molecule has 0 radical (unpaired) electrons. The minimum Gasteiger partial charge on any atom is -0.459 e. The van der Waals surface area contributed by atoms with E-state index in [1.807, 2.05) is 18.7 Å². The number of aryl methyl sites for hydroxylation is 1. The molecule has 2 aromatic rings. The van der Waals surface area contributed by atoms with Crippen molar-refractivity contribution in [3.63, 3.8) is 0 Å². The second-order valence-electron chi connectivity index (χ2n) is 5.50. The van der Waals surface area contributed by atoms with Gasteiger partial charge in [-0.3, -0.25) is 4.79 Å². The fourth-order valence-corrected chi connectivity index (χ4v) is 3.59. The zero-order valence-electron chi connectivity index (χ0n) is 12.4. The van der Waals surface area contributed by atoms with E-state index in [1.165, 1.54) is 12.1 Å². The van der Waals surface area contributed by atoms with E-state index in [-0.39, 0.29) is 17.8 Å². The first-order valence-corrected chi connectivity index (χ1v) is 8.54. The van der Waals surface area contributed by atoms with E-state index >= 15 is 0 Å². The molecule has 1 saturated heterocycles. The molecule has 2 heterocycles. The number of fused-ring (bicyclic) bond motifs is 1. The minimum atomic E-state index is -0.284. The summed E-state index contributed by atoms with van der Waals surface area (Å²) in [6.07, 6.45) is 0.473. The maximum atomic E-state index is 13.3. The number of thioether (sulfide) groups is 1. The van der Waals surface area contributed by atoms with Gasteiger partial charge in [0.2, 0.25) is 5.91 Å². The normalized spacial score (nSPS) is 18.5. The summed E-state index contributed by atoms with van der Waals surface area (Å²) in [6, 6.07) is 4.69. The molecule has 4 nitrogen and oxygen atoms in total. The van der Waals surface area contributed by atoms with Crippen molar-refractivity contribution in [2.24, 2.45) is 0 Å². The lowest BCUT2D eigenvalue weighted by molar-refractivity contribution is -0.121. The molecule has 1 aliphatic heterocycles. The molecule has 118 valence electrons. The largest absolute Gasteiger partial charge is 0.459 e. The summed E-state index contributed by atoms with van der Waals surface area (Å²) in [5.41, 5.74) is 1.52. The highest BCUT2D eigenvalue weighted by Crippen LogP contribution is 2.25. The number of carbonyl (C=O) groups is 1. The Bertz CT molecular complexity index is 680. The van der Waals surface area contributed by atoms with Crippen molar-refractivity contribution in [1.82, 2.24) is 10.6 Å². The van der Waals surface area contributed by atoms with Gasteiger partial charge in [0.1, 0.15) is 17.2 Å². The van der Waals surface area contributed by atoms with Crippen LogP contribution in [0.15, 0.2) is 22.6 Å². The molecule has 0 spiro atoms. The van der Waals surface area contributed by atoms with Gasteiger partial charge in [0.25, 0.3) is 0 Å². The number of benzene rings is 1. The Morgan fingerprint density at radius 3 is 3.18 bits per heavy atom. The summed E-state index contributed by atoms with van der Waals surface area (Å²) in [6.45, 7) is 3.17. The number of hydrogen-bond acceptors (Lipinski definition) is 4. The molecule has 1 aromatic carbocycles. The number of rotatable bonds is 4. The van der Waals surface area contributed by atoms with Crippen LogP contribution in [0.1, 0.15) is 17.7 Å². The van der Waals surface area contributed by atoms with Crippen molar-refractivity contribution in [3.05, 3.63) is 35.3 Å².